The van der Waals surface area contributed by atoms with Crippen molar-refractivity contribution in [2.75, 3.05) is 18.8 Å². The van der Waals surface area contributed by atoms with E-state index < -0.39 is 0 Å². The van der Waals surface area contributed by atoms with Crippen LogP contribution in [0.15, 0.2) is 24.4 Å². The molecule has 124 valence electrons. The maximum atomic E-state index is 12.7. The first kappa shape index (κ1) is 14.9. The molecule has 0 bridgehead atoms. The molecule has 2 aromatic heterocycles. The van der Waals surface area contributed by atoms with Gasteiger partial charge in [-0.05, 0) is 44.5 Å². The molecule has 0 saturated carbocycles. The fraction of sp³-hybridized carbons (Fsp3) is 0.353. The maximum absolute atomic E-state index is 12.7. The molecule has 4 rings (SSSR count). The maximum Gasteiger partial charge on any atom is 0.172 e. The van der Waals surface area contributed by atoms with Crippen molar-refractivity contribution >= 4 is 22.6 Å². The smallest absolute Gasteiger partial charge is 0.172 e. The van der Waals surface area contributed by atoms with E-state index in [1.54, 1.807) is 10.9 Å². The fourth-order valence-corrected chi connectivity index (χ4v) is 3.31. The number of nitrogens with one attached hydrogen (secondary N) is 2. The molecule has 0 aliphatic carbocycles. The molecule has 1 atom stereocenters. The first-order chi connectivity index (χ1) is 11.6. The van der Waals surface area contributed by atoms with Gasteiger partial charge in [-0.2, -0.15) is 5.10 Å². The van der Waals surface area contributed by atoms with Crippen molar-refractivity contribution in [1.82, 2.24) is 25.1 Å². The third-order valence-corrected chi connectivity index (χ3v) is 4.57. The van der Waals surface area contributed by atoms with E-state index in [1.807, 2.05) is 25.1 Å². The van der Waals surface area contributed by atoms with Crippen molar-refractivity contribution in [2.24, 2.45) is 5.92 Å². The van der Waals surface area contributed by atoms with E-state index in [4.69, 9.17) is 5.73 Å². The second-order valence-corrected chi connectivity index (χ2v) is 6.29. The molecule has 1 saturated heterocycles. The Balaban J connectivity index is 1.68. The van der Waals surface area contributed by atoms with Crippen LogP contribution < -0.4 is 11.1 Å². The summed E-state index contributed by atoms with van der Waals surface area (Å²) in [6.07, 6.45) is 3.49. The average molecular weight is 324 g/mol. The SMILES string of the molecule is Cc1nc2ccc(-n3ncc(C(=O)C4CCCNC4)c3N)cc2[nH]1. The molecule has 7 nitrogen and oxygen atoms in total. The minimum absolute atomic E-state index is 0.0172. The van der Waals surface area contributed by atoms with Crippen molar-refractivity contribution < 1.29 is 4.79 Å². The summed E-state index contributed by atoms with van der Waals surface area (Å²) >= 11 is 0. The van der Waals surface area contributed by atoms with Crippen molar-refractivity contribution in [2.45, 2.75) is 19.8 Å². The number of aromatic amines is 1. The van der Waals surface area contributed by atoms with E-state index in [-0.39, 0.29) is 11.7 Å². The van der Waals surface area contributed by atoms with E-state index >= 15 is 0 Å². The first-order valence-electron chi connectivity index (χ1n) is 8.18. The number of benzene rings is 1. The lowest BCUT2D eigenvalue weighted by Crippen LogP contribution is -2.34. The number of fused-ring (bicyclic) bond motifs is 1. The van der Waals surface area contributed by atoms with Crippen LogP contribution in [0, 0.1) is 12.8 Å². The predicted octanol–water partition coefficient (Wildman–Crippen LogP) is 1.82. The van der Waals surface area contributed by atoms with Gasteiger partial charge in [0, 0.05) is 12.5 Å². The Morgan fingerprint density at radius 1 is 1.42 bits per heavy atom. The third kappa shape index (κ3) is 2.46. The molecule has 1 unspecified atom stereocenters. The normalized spacial score (nSPS) is 18.1. The summed E-state index contributed by atoms with van der Waals surface area (Å²) < 4.78 is 1.61. The van der Waals surface area contributed by atoms with Gasteiger partial charge in [0.1, 0.15) is 11.6 Å². The Morgan fingerprint density at radius 3 is 3.08 bits per heavy atom. The fourth-order valence-electron chi connectivity index (χ4n) is 3.31. The van der Waals surface area contributed by atoms with Crippen molar-refractivity contribution in [1.29, 1.82) is 0 Å². The lowest BCUT2D eigenvalue weighted by Gasteiger charge is -2.21. The Hall–Kier alpha value is -2.67. The number of hydrogen-bond donors (Lipinski definition) is 3. The van der Waals surface area contributed by atoms with Crippen LogP contribution in [0.5, 0.6) is 0 Å². The summed E-state index contributed by atoms with van der Waals surface area (Å²) in [6, 6.07) is 5.76. The number of aromatic nitrogens is 4. The second kappa shape index (κ2) is 5.76. The molecule has 1 aliphatic heterocycles. The summed E-state index contributed by atoms with van der Waals surface area (Å²) in [7, 11) is 0. The number of nitrogens with two attached hydrogens (primary N) is 1. The van der Waals surface area contributed by atoms with Gasteiger partial charge in [0.25, 0.3) is 0 Å². The summed E-state index contributed by atoms with van der Waals surface area (Å²) in [5, 5.41) is 7.60. The Bertz CT molecular complexity index is 903. The van der Waals surface area contributed by atoms with Crippen LogP contribution in [0.4, 0.5) is 5.82 Å². The van der Waals surface area contributed by atoms with Gasteiger partial charge in [-0.3, -0.25) is 4.79 Å². The van der Waals surface area contributed by atoms with Gasteiger partial charge in [0.15, 0.2) is 5.78 Å². The highest BCUT2D eigenvalue weighted by Gasteiger charge is 2.26. The van der Waals surface area contributed by atoms with E-state index in [2.05, 4.69) is 20.4 Å². The van der Waals surface area contributed by atoms with E-state index in [0.717, 1.165) is 41.9 Å². The average Bonchev–Trinajstić information content (AvgIpc) is 3.16. The summed E-state index contributed by atoms with van der Waals surface area (Å²) in [4.78, 5) is 20.3. The zero-order valence-corrected chi connectivity index (χ0v) is 13.5. The number of ketones is 1. The van der Waals surface area contributed by atoms with Gasteiger partial charge in [-0.15, -0.1) is 0 Å². The molecule has 1 fully saturated rings. The number of carbonyl (C=O) groups is 1. The number of H-pyrrole nitrogens is 1. The van der Waals surface area contributed by atoms with Crippen LogP contribution >= 0.6 is 0 Å². The topological polar surface area (TPSA) is 102 Å². The number of aryl methyl sites for hydroxylation is 1. The molecular weight excluding hydrogens is 304 g/mol. The van der Waals surface area contributed by atoms with Crippen LogP contribution in [-0.4, -0.2) is 38.6 Å². The predicted molar refractivity (Wildman–Crippen MR) is 92.3 cm³/mol. The number of hydrogen-bond acceptors (Lipinski definition) is 5. The zero-order valence-electron chi connectivity index (χ0n) is 13.5. The van der Waals surface area contributed by atoms with Gasteiger partial charge in [0.2, 0.25) is 0 Å². The summed E-state index contributed by atoms with van der Waals surface area (Å²) in [5.74, 6) is 1.30. The minimum atomic E-state index is -0.0172. The molecule has 3 heterocycles. The zero-order chi connectivity index (χ0) is 16.7. The number of Topliss-reactive ketones (excluding diaryl/α,β-unsaturated/α-hetero) is 1. The number of rotatable bonds is 3. The number of nitrogen functional groups attached to an aromatic ring is 1. The monoisotopic (exact) mass is 324 g/mol. The highest BCUT2D eigenvalue weighted by atomic mass is 16.1. The van der Waals surface area contributed by atoms with Crippen LogP contribution in [0.3, 0.4) is 0 Å². The molecule has 0 spiro atoms. The highest BCUT2D eigenvalue weighted by Crippen LogP contribution is 2.24. The molecule has 1 aliphatic rings. The number of nitrogens with zero attached hydrogens (tertiary/aromatic N) is 3. The molecule has 0 amide bonds. The third-order valence-electron chi connectivity index (χ3n) is 4.57. The number of piperidine rings is 1. The van der Waals surface area contributed by atoms with E-state index in [0.29, 0.717) is 17.9 Å². The quantitative estimate of drug-likeness (QED) is 0.638. The Kier molecular flexibility index (Phi) is 3.57. The number of anilines is 1. The van der Waals surface area contributed by atoms with Crippen LogP contribution in [0.25, 0.3) is 16.7 Å². The minimum Gasteiger partial charge on any atom is -0.383 e. The summed E-state index contributed by atoms with van der Waals surface area (Å²) in [6.45, 7) is 3.60. The van der Waals surface area contributed by atoms with Gasteiger partial charge >= 0.3 is 0 Å². The van der Waals surface area contributed by atoms with Crippen LogP contribution in [0.2, 0.25) is 0 Å². The molecule has 4 N–H and O–H groups in total. The molecule has 3 aromatic rings. The lowest BCUT2D eigenvalue weighted by molar-refractivity contribution is 0.0900. The lowest BCUT2D eigenvalue weighted by atomic mass is 9.92. The largest absolute Gasteiger partial charge is 0.383 e. The van der Waals surface area contributed by atoms with Crippen LogP contribution in [0.1, 0.15) is 29.0 Å². The van der Waals surface area contributed by atoms with Crippen molar-refractivity contribution in [3.8, 4) is 5.69 Å². The molecule has 0 radical (unpaired) electrons. The van der Waals surface area contributed by atoms with Crippen molar-refractivity contribution in [3.05, 3.63) is 35.8 Å². The first-order valence-corrected chi connectivity index (χ1v) is 8.18. The molecular formula is C17H20N6O. The Labute approximate surface area is 139 Å². The number of imidazole rings is 1. The van der Waals surface area contributed by atoms with Gasteiger partial charge in [-0.1, -0.05) is 0 Å². The van der Waals surface area contributed by atoms with Gasteiger partial charge in [-0.25, -0.2) is 9.67 Å². The van der Waals surface area contributed by atoms with E-state index in [9.17, 15) is 4.79 Å². The summed E-state index contributed by atoms with van der Waals surface area (Å²) in [5.41, 5.74) is 9.36. The standard InChI is InChI=1S/C17H20N6O/c1-10-21-14-5-4-12(7-15(14)22-10)23-17(18)13(9-20-23)16(24)11-3-2-6-19-8-11/h4-5,7,9,11,19H,2-3,6,8,18H2,1H3,(H,21,22). The highest BCUT2D eigenvalue weighted by molar-refractivity contribution is 6.02. The second-order valence-electron chi connectivity index (χ2n) is 6.29. The molecule has 7 heteroatoms. The van der Waals surface area contributed by atoms with Crippen LogP contribution in [-0.2, 0) is 0 Å². The number of carbonyl (C=O) groups excluding carboxylic acids is 1. The van der Waals surface area contributed by atoms with Gasteiger partial charge < -0.3 is 16.0 Å². The molecule has 24 heavy (non-hydrogen) atoms. The van der Waals surface area contributed by atoms with Crippen molar-refractivity contribution in [3.63, 3.8) is 0 Å². The Morgan fingerprint density at radius 2 is 2.29 bits per heavy atom. The molecule has 1 aromatic carbocycles. The van der Waals surface area contributed by atoms with Gasteiger partial charge in [0.05, 0.1) is 28.5 Å². The van der Waals surface area contributed by atoms with E-state index in [1.165, 1.54) is 0 Å².